The van der Waals surface area contributed by atoms with Gasteiger partial charge in [0.25, 0.3) is 0 Å². The lowest BCUT2D eigenvalue weighted by atomic mass is 9.91. The summed E-state index contributed by atoms with van der Waals surface area (Å²) in [5.41, 5.74) is 1.73. The van der Waals surface area contributed by atoms with E-state index in [-0.39, 0.29) is 5.56 Å². The predicted molar refractivity (Wildman–Crippen MR) is 104 cm³/mol. The van der Waals surface area contributed by atoms with Gasteiger partial charge in [0.05, 0.1) is 0 Å². The van der Waals surface area contributed by atoms with E-state index in [1.165, 1.54) is 17.0 Å². The Hall–Kier alpha value is -3.21. The van der Waals surface area contributed by atoms with E-state index < -0.39 is 23.3 Å². The predicted octanol–water partition coefficient (Wildman–Crippen LogP) is 5.89. The molecule has 1 atom stereocenters. The zero-order valence-corrected chi connectivity index (χ0v) is 15.4. The van der Waals surface area contributed by atoms with Gasteiger partial charge in [0, 0.05) is 30.3 Å². The van der Waals surface area contributed by atoms with Crippen LogP contribution in [-0.4, -0.2) is 12.6 Å². The van der Waals surface area contributed by atoms with Crippen molar-refractivity contribution in [1.82, 2.24) is 0 Å². The van der Waals surface area contributed by atoms with Crippen LogP contribution in [0.1, 0.15) is 18.9 Å². The molecule has 1 amide bonds. The molecule has 0 N–H and O–H groups in total. The third-order valence-corrected chi connectivity index (χ3v) is 5.13. The fourth-order valence-electron chi connectivity index (χ4n) is 3.51. The van der Waals surface area contributed by atoms with Crippen molar-refractivity contribution >= 4 is 11.8 Å². The molecule has 142 valence electrons. The van der Waals surface area contributed by atoms with Gasteiger partial charge >= 0.3 is 6.09 Å². The number of carbonyl (C=O) groups excluding carboxylic acids is 1. The van der Waals surface area contributed by atoms with Crippen LogP contribution in [0.25, 0.3) is 11.1 Å². The molecule has 1 unspecified atom stereocenters. The summed E-state index contributed by atoms with van der Waals surface area (Å²) in [6, 6.07) is 20.1. The lowest BCUT2D eigenvalue weighted by Crippen LogP contribution is -2.46. The van der Waals surface area contributed by atoms with E-state index in [2.05, 4.69) is 0 Å². The van der Waals surface area contributed by atoms with Crippen LogP contribution in [0.5, 0.6) is 0 Å². The third-order valence-electron chi connectivity index (χ3n) is 5.13. The highest BCUT2D eigenvalue weighted by Crippen LogP contribution is 2.36. The van der Waals surface area contributed by atoms with E-state index in [0.717, 1.165) is 11.6 Å². The SMILES string of the molecule is CC1(c2ccccc2)CCN(c2cccc(-c3ccc(F)cc3F)c2)C(=O)O1. The normalized spacial score (nSPS) is 19.4. The number of cyclic esters (lactones) is 1. The van der Waals surface area contributed by atoms with Gasteiger partial charge in [0.15, 0.2) is 0 Å². The van der Waals surface area contributed by atoms with Crippen molar-refractivity contribution in [2.75, 3.05) is 11.4 Å². The number of anilines is 1. The average molecular weight is 379 g/mol. The molecular formula is C23H19F2NO2. The minimum Gasteiger partial charge on any atom is -0.438 e. The molecule has 0 saturated carbocycles. The second-order valence-electron chi connectivity index (χ2n) is 7.04. The van der Waals surface area contributed by atoms with E-state index in [4.69, 9.17) is 4.74 Å². The van der Waals surface area contributed by atoms with Crippen molar-refractivity contribution in [2.45, 2.75) is 18.9 Å². The monoisotopic (exact) mass is 379 g/mol. The van der Waals surface area contributed by atoms with Gasteiger partial charge in [-0.3, -0.25) is 4.90 Å². The molecule has 1 saturated heterocycles. The largest absolute Gasteiger partial charge is 0.438 e. The summed E-state index contributed by atoms with van der Waals surface area (Å²) in [5.74, 6) is -1.27. The quantitative estimate of drug-likeness (QED) is 0.567. The van der Waals surface area contributed by atoms with Crippen molar-refractivity contribution in [1.29, 1.82) is 0 Å². The molecule has 0 spiro atoms. The molecule has 3 nitrogen and oxygen atoms in total. The van der Waals surface area contributed by atoms with Crippen LogP contribution in [-0.2, 0) is 10.3 Å². The lowest BCUT2D eigenvalue weighted by molar-refractivity contribution is 0.00583. The molecule has 3 aromatic carbocycles. The molecule has 5 heteroatoms. The molecule has 1 fully saturated rings. The van der Waals surface area contributed by atoms with Gasteiger partial charge < -0.3 is 4.74 Å². The van der Waals surface area contributed by atoms with E-state index in [1.54, 1.807) is 24.3 Å². The van der Waals surface area contributed by atoms with Gasteiger partial charge in [0.1, 0.15) is 17.2 Å². The van der Waals surface area contributed by atoms with Gasteiger partial charge in [-0.05, 0) is 42.3 Å². The van der Waals surface area contributed by atoms with Crippen LogP contribution in [0.4, 0.5) is 19.3 Å². The molecule has 28 heavy (non-hydrogen) atoms. The molecule has 3 aromatic rings. The molecule has 1 aliphatic rings. The Balaban J connectivity index is 1.60. The van der Waals surface area contributed by atoms with Crippen molar-refractivity contribution < 1.29 is 18.3 Å². The summed E-state index contributed by atoms with van der Waals surface area (Å²) in [7, 11) is 0. The van der Waals surface area contributed by atoms with Crippen LogP contribution < -0.4 is 4.90 Å². The summed E-state index contributed by atoms with van der Waals surface area (Å²) >= 11 is 0. The third kappa shape index (κ3) is 3.36. The topological polar surface area (TPSA) is 29.5 Å². The second kappa shape index (κ2) is 7.08. The van der Waals surface area contributed by atoms with Gasteiger partial charge in [-0.25, -0.2) is 13.6 Å². The van der Waals surface area contributed by atoms with Crippen molar-refractivity contribution in [3.63, 3.8) is 0 Å². The summed E-state index contributed by atoms with van der Waals surface area (Å²) in [5, 5.41) is 0. The van der Waals surface area contributed by atoms with E-state index in [1.807, 2.05) is 37.3 Å². The molecule has 4 rings (SSSR count). The first-order chi connectivity index (χ1) is 13.5. The maximum Gasteiger partial charge on any atom is 0.415 e. The van der Waals surface area contributed by atoms with Crippen molar-refractivity contribution in [3.8, 4) is 11.1 Å². The molecule has 1 aliphatic heterocycles. The first-order valence-corrected chi connectivity index (χ1v) is 9.08. The smallest absolute Gasteiger partial charge is 0.415 e. The fourth-order valence-corrected chi connectivity index (χ4v) is 3.51. The molecule has 0 aromatic heterocycles. The molecular weight excluding hydrogens is 360 g/mol. The number of nitrogens with zero attached hydrogens (tertiary/aromatic N) is 1. The Bertz CT molecular complexity index is 1020. The Morgan fingerprint density at radius 3 is 2.46 bits per heavy atom. The number of halogens is 2. The minimum atomic E-state index is -0.685. The number of ether oxygens (including phenoxy) is 1. The van der Waals surface area contributed by atoms with E-state index >= 15 is 0 Å². The first kappa shape index (κ1) is 18.2. The van der Waals surface area contributed by atoms with Crippen molar-refractivity contribution in [2.24, 2.45) is 0 Å². The number of benzene rings is 3. The van der Waals surface area contributed by atoms with Gasteiger partial charge in [-0.2, -0.15) is 0 Å². The summed E-state index contributed by atoms with van der Waals surface area (Å²) in [6.07, 6.45) is 0.173. The average Bonchev–Trinajstić information content (AvgIpc) is 2.69. The van der Waals surface area contributed by atoms with Crippen LogP contribution >= 0.6 is 0 Å². The zero-order valence-electron chi connectivity index (χ0n) is 15.4. The highest BCUT2D eigenvalue weighted by molar-refractivity contribution is 5.89. The Kier molecular flexibility index (Phi) is 4.59. The van der Waals surface area contributed by atoms with Crippen molar-refractivity contribution in [3.05, 3.63) is 90.0 Å². The Labute approximate surface area is 162 Å². The highest BCUT2D eigenvalue weighted by atomic mass is 19.1. The van der Waals surface area contributed by atoms with Gasteiger partial charge in [-0.15, -0.1) is 0 Å². The zero-order chi connectivity index (χ0) is 19.7. The Morgan fingerprint density at radius 1 is 0.964 bits per heavy atom. The van der Waals surface area contributed by atoms with Gasteiger partial charge in [-0.1, -0.05) is 42.5 Å². The molecule has 0 bridgehead atoms. The molecule has 1 heterocycles. The lowest BCUT2D eigenvalue weighted by Gasteiger charge is -2.39. The number of hydrogen-bond donors (Lipinski definition) is 0. The number of rotatable bonds is 3. The summed E-state index contributed by atoms with van der Waals surface area (Å²) in [6.45, 7) is 2.38. The maximum absolute atomic E-state index is 14.1. The van der Waals surface area contributed by atoms with Crippen LogP contribution in [0.15, 0.2) is 72.8 Å². The first-order valence-electron chi connectivity index (χ1n) is 9.08. The number of carbonyl (C=O) groups is 1. The molecule has 0 radical (unpaired) electrons. The van der Waals surface area contributed by atoms with E-state index in [0.29, 0.717) is 24.2 Å². The summed E-state index contributed by atoms with van der Waals surface area (Å²) in [4.78, 5) is 14.3. The van der Waals surface area contributed by atoms with E-state index in [9.17, 15) is 13.6 Å². The highest BCUT2D eigenvalue weighted by Gasteiger charge is 2.38. The molecule has 0 aliphatic carbocycles. The van der Waals surface area contributed by atoms with Crippen LogP contribution in [0.3, 0.4) is 0 Å². The summed E-state index contributed by atoms with van der Waals surface area (Å²) < 4.78 is 33.1. The maximum atomic E-state index is 14.1. The number of amides is 1. The second-order valence-corrected chi connectivity index (χ2v) is 7.04. The standard InChI is InChI=1S/C23H19F2NO2/c1-23(17-7-3-2-4-8-17)12-13-26(22(27)28-23)19-9-5-6-16(14-19)20-11-10-18(24)15-21(20)25/h2-11,14-15H,12-13H2,1H3. The van der Waals surface area contributed by atoms with Gasteiger partial charge in [0.2, 0.25) is 0 Å². The van der Waals surface area contributed by atoms with Crippen LogP contribution in [0, 0.1) is 11.6 Å². The fraction of sp³-hybridized carbons (Fsp3) is 0.174. The van der Waals surface area contributed by atoms with Crippen LogP contribution in [0.2, 0.25) is 0 Å². The number of hydrogen-bond acceptors (Lipinski definition) is 2. The minimum absolute atomic E-state index is 0.280. The Morgan fingerprint density at radius 2 is 1.75 bits per heavy atom.